The fraction of sp³-hybridized carbons (Fsp3) is 0.300. The van der Waals surface area contributed by atoms with Crippen molar-refractivity contribution < 1.29 is 8.78 Å². The molecule has 0 heterocycles. The van der Waals surface area contributed by atoms with Crippen LogP contribution in [-0.4, -0.2) is 0 Å². The van der Waals surface area contributed by atoms with Crippen LogP contribution in [0.5, 0.6) is 0 Å². The van der Waals surface area contributed by atoms with Gasteiger partial charge in [0.25, 0.3) is 0 Å². The Labute approximate surface area is 85.9 Å². The van der Waals surface area contributed by atoms with Gasteiger partial charge in [0.1, 0.15) is 11.6 Å². The molecule has 0 atom stereocenters. The highest BCUT2D eigenvalue weighted by Gasteiger charge is 2.28. The molecular formula is C10H8ClF2N. The molecule has 0 unspecified atom stereocenters. The lowest BCUT2D eigenvalue weighted by molar-refractivity contribution is 0.509. The van der Waals surface area contributed by atoms with E-state index in [-0.39, 0.29) is 10.6 Å². The van der Waals surface area contributed by atoms with E-state index >= 15 is 0 Å². The first-order valence-corrected chi connectivity index (χ1v) is 4.33. The molecule has 0 bridgehead atoms. The molecule has 0 aliphatic carbocycles. The Kier molecular flexibility index (Phi) is 2.77. The fourth-order valence-corrected chi connectivity index (χ4v) is 1.31. The highest BCUT2D eigenvalue weighted by Crippen LogP contribution is 2.31. The first-order chi connectivity index (χ1) is 6.40. The van der Waals surface area contributed by atoms with Gasteiger partial charge in [0.2, 0.25) is 0 Å². The third-order valence-corrected chi connectivity index (χ3v) is 2.24. The molecule has 1 nitrogen and oxygen atoms in total. The summed E-state index contributed by atoms with van der Waals surface area (Å²) in [5.41, 5.74) is -1.51. The van der Waals surface area contributed by atoms with E-state index in [2.05, 4.69) is 0 Å². The zero-order chi connectivity index (χ0) is 10.9. The van der Waals surface area contributed by atoms with Gasteiger partial charge in [-0.3, -0.25) is 0 Å². The Morgan fingerprint density at radius 2 is 1.93 bits per heavy atom. The van der Waals surface area contributed by atoms with Gasteiger partial charge in [-0.05, 0) is 26.0 Å². The largest absolute Gasteiger partial charge is 0.207 e. The molecular weight excluding hydrogens is 208 g/mol. The average Bonchev–Trinajstić information content (AvgIpc) is 2.12. The minimum Gasteiger partial charge on any atom is -0.207 e. The highest BCUT2D eigenvalue weighted by atomic mass is 35.5. The molecule has 0 aromatic heterocycles. The minimum atomic E-state index is -1.22. The van der Waals surface area contributed by atoms with Crippen molar-refractivity contribution in [3.8, 4) is 6.07 Å². The van der Waals surface area contributed by atoms with Gasteiger partial charge in [-0.15, -0.1) is 0 Å². The highest BCUT2D eigenvalue weighted by molar-refractivity contribution is 6.30. The van der Waals surface area contributed by atoms with Crippen LogP contribution in [0.25, 0.3) is 0 Å². The maximum Gasteiger partial charge on any atom is 0.149 e. The van der Waals surface area contributed by atoms with Crippen LogP contribution < -0.4 is 0 Å². The summed E-state index contributed by atoms with van der Waals surface area (Å²) in [5.74, 6) is -1.61. The van der Waals surface area contributed by atoms with E-state index in [4.69, 9.17) is 16.9 Å². The van der Waals surface area contributed by atoms with Crippen LogP contribution >= 0.6 is 11.6 Å². The van der Waals surface area contributed by atoms with Crippen molar-refractivity contribution in [3.05, 3.63) is 34.4 Å². The van der Waals surface area contributed by atoms with E-state index in [1.165, 1.54) is 13.8 Å². The fourth-order valence-electron chi connectivity index (χ4n) is 1.16. The first kappa shape index (κ1) is 10.9. The molecule has 0 radical (unpaired) electrons. The van der Waals surface area contributed by atoms with Gasteiger partial charge in [-0.1, -0.05) is 11.6 Å². The maximum atomic E-state index is 13.4. The maximum absolute atomic E-state index is 13.4. The molecule has 0 saturated carbocycles. The number of halogens is 3. The lowest BCUT2D eigenvalue weighted by Gasteiger charge is -2.17. The second-order valence-corrected chi connectivity index (χ2v) is 3.86. The van der Waals surface area contributed by atoms with Crippen molar-refractivity contribution in [1.82, 2.24) is 0 Å². The molecule has 0 aliphatic heterocycles. The summed E-state index contributed by atoms with van der Waals surface area (Å²) in [6.07, 6.45) is 0. The molecule has 1 rings (SSSR count). The van der Waals surface area contributed by atoms with E-state index in [0.717, 1.165) is 12.1 Å². The van der Waals surface area contributed by atoms with Crippen LogP contribution in [0.15, 0.2) is 12.1 Å². The summed E-state index contributed by atoms with van der Waals surface area (Å²) < 4.78 is 26.7. The molecule has 4 heteroatoms. The predicted molar refractivity (Wildman–Crippen MR) is 50.0 cm³/mol. The van der Waals surface area contributed by atoms with E-state index in [9.17, 15) is 8.78 Å². The van der Waals surface area contributed by atoms with Crippen LogP contribution in [0.3, 0.4) is 0 Å². The van der Waals surface area contributed by atoms with Crippen molar-refractivity contribution in [1.29, 1.82) is 5.26 Å². The second-order valence-electron chi connectivity index (χ2n) is 3.45. The van der Waals surface area contributed by atoms with E-state index < -0.39 is 17.0 Å². The summed E-state index contributed by atoms with van der Waals surface area (Å²) in [6.45, 7) is 2.87. The summed E-state index contributed by atoms with van der Waals surface area (Å²) in [4.78, 5) is 0. The van der Waals surface area contributed by atoms with Gasteiger partial charge in [-0.2, -0.15) is 5.26 Å². The number of rotatable bonds is 1. The van der Waals surface area contributed by atoms with Crippen LogP contribution in [0.4, 0.5) is 8.78 Å². The Hall–Kier alpha value is -1.14. The number of hydrogen-bond acceptors (Lipinski definition) is 1. The predicted octanol–water partition coefficient (Wildman–Crippen LogP) is 3.42. The third kappa shape index (κ3) is 1.71. The standard InChI is InChI=1S/C10H8ClF2N/c1-10(2,5-14)8-7(12)4-3-6(11)9(8)13/h3-4H,1-2H3. The second kappa shape index (κ2) is 3.55. The number of nitrogens with zero attached hydrogens (tertiary/aromatic N) is 1. The molecule has 1 aromatic rings. The monoisotopic (exact) mass is 215 g/mol. The SMILES string of the molecule is CC(C)(C#N)c1c(F)ccc(Cl)c1F. The Morgan fingerprint density at radius 3 is 2.43 bits per heavy atom. The van der Waals surface area contributed by atoms with Crippen LogP contribution in [-0.2, 0) is 5.41 Å². The molecule has 0 N–H and O–H groups in total. The minimum absolute atomic E-state index is 0.176. The third-order valence-electron chi connectivity index (χ3n) is 1.95. The quantitative estimate of drug-likeness (QED) is 0.659. The van der Waals surface area contributed by atoms with Crippen molar-refractivity contribution >= 4 is 11.6 Å². The molecule has 1 aromatic carbocycles. The summed E-state index contributed by atoms with van der Waals surface area (Å²) in [5, 5.41) is 8.58. The van der Waals surface area contributed by atoms with Gasteiger partial charge >= 0.3 is 0 Å². The lowest BCUT2D eigenvalue weighted by Crippen LogP contribution is -2.18. The Balaban J connectivity index is 3.49. The molecule has 0 spiro atoms. The molecule has 0 saturated heterocycles. The Bertz CT molecular complexity index is 407. The van der Waals surface area contributed by atoms with Gasteiger partial charge in [0.15, 0.2) is 0 Å². The summed E-state index contributed by atoms with van der Waals surface area (Å²) in [6, 6.07) is 4.01. The van der Waals surface area contributed by atoms with E-state index in [1.54, 1.807) is 0 Å². The zero-order valence-corrected chi connectivity index (χ0v) is 8.49. The number of nitriles is 1. The average molecular weight is 216 g/mol. The lowest BCUT2D eigenvalue weighted by atomic mass is 9.85. The van der Waals surface area contributed by atoms with E-state index in [0.29, 0.717) is 0 Å². The summed E-state index contributed by atoms with van der Waals surface area (Å²) >= 11 is 5.50. The van der Waals surface area contributed by atoms with Crippen molar-refractivity contribution in [3.63, 3.8) is 0 Å². The molecule has 0 aliphatic rings. The van der Waals surface area contributed by atoms with Crippen LogP contribution in [0, 0.1) is 23.0 Å². The molecule has 14 heavy (non-hydrogen) atoms. The van der Waals surface area contributed by atoms with Gasteiger partial charge in [-0.25, -0.2) is 8.78 Å². The molecule has 74 valence electrons. The number of hydrogen-bond donors (Lipinski definition) is 0. The van der Waals surface area contributed by atoms with Crippen molar-refractivity contribution in [2.24, 2.45) is 0 Å². The topological polar surface area (TPSA) is 23.8 Å². The normalized spacial score (nSPS) is 11.1. The van der Waals surface area contributed by atoms with E-state index in [1.807, 2.05) is 6.07 Å². The van der Waals surface area contributed by atoms with Gasteiger partial charge < -0.3 is 0 Å². The molecule has 0 amide bonds. The zero-order valence-electron chi connectivity index (χ0n) is 7.74. The number of benzene rings is 1. The van der Waals surface area contributed by atoms with Gasteiger partial charge in [0.05, 0.1) is 16.5 Å². The van der Waals surface area contributed by atoms with Crippen molar-refractivity contribution in [2.45, 2.75) is 19.3 Å². The smallest absolute Gasteiger partial charge is 0.149 e. The van der Waals surface area contributed by atoms with Crippen LogP contribution in [0.2, 0.25) is 5.02 Å². The van der Waals surface area contributed by atoms with Crippen LogP contribution in [0.1, 0.15) is 19.4 Å². The first-order valence-electron chi connectivity index (χ1n) is 3.95. The Morgan fingerprint density at radius 1 is 1.36 bits per heavy atom. The van der Waals surface area contributed by atoms with Gasteiger partial charge in [0, 0.05) is 5.56 Å². The summed E-state index contributed by atoms with van der Waals surface area (Å²) in [7, 11) is 0. The molecule has 0 fully saturated rings. The van der Waals surface area contributed by atoms with Crippen molar-refractivity contribution in [2.75, 3.05) is 0 Å².